The third-order valence-electron chi connectivity index (χ3n) is 4.89. The fourth-order valence-electron chi connectivity index (χ4n) is 3.74. The second-order valence-electron chi connectivity index (χ2n) is 6.66. The standard InChI is InChI=1S/C21H20N2O4/c1-14-13-18(23(15(2)24)16-7-4-3-5-8-16)17-10-12-27-21(17)22(14)20(25)19-9-6-11-26-19/h3-12,14,18H,13H2,1-2H3. The molecule has 1 aliphatic rings. The number of rotatable bonds is 3. The molecule has 1 aromatic carbocycles. The molecule has 3 aromatic rings. The topological polar surface area (TPSA) is 66.9 Å². The number of amides is 2. The summed E-state index contributed by atoms with van der Waals surface area (Å²) < 4.78 is 11.0. The van der Waals surface area contributed by atoms with Gasteiger partial charge in [-0.15, -0.1) is 0 Å². The van der Waals surface area contributed by atoms with E-state index in [0.717, 1.165) is 11.3 Å². The molecule has 1 aliphatic heterocycles. The van der Waals surface area contributed by atoms with Gasteiger partial charge in [-0.05, 0) is 43.7 Å². The van der Waals surface area contributed by atoms with Crippen molar-refractivity contribution in [2.75, 3.05) is 9.80 Å². The Morgan fingerprint density at radius 1 is 1.04 bits per heavy atom. The number of hydrogen-bond donors (Lipinski definition) is 0. The average Bonchev–Trinajstić information content (AvgIpc) is 3.34. The van der Waals surface area contributed by atoms with Crippen LogP contribution < -0.4 is 9.80 Å². The summed E-state index contributed by atoms with van der Waals surface area (Å²) in [6.07, 6.45) is 3.62. The summed E-state index contributed by atoms with van der Waals surface area (Å²) in [5, 5.41) is 0. The Balaban J connectivity index is 1.75. The maximum absolute atomic E-state index is 12.9. The zero-order valence-corrected chi connectivity index (χ0v) is 15.2. The molecule has 0 bridgehead atoms. The monoisotopic (exact) mass is 364 g/mol. The van der Waals surface area contributed by atoms with Crippen molar-refractivity contribution in [3.63, 3.8) is 0 Å². The Hall–Kier alpha value is -3.28. The molecular weight excluding hydrogens is 344 g/mol. The van der Waals surface area contributed by atoms with Crippen LogP contribution in [0.4, 0.5) is 11.6 Å². The molecule has 0 spiro atoms. The summed E-state index contributed by atoms with van der Waals surface area (Å²) in [6.45, 7) is 3.50. The van der Waals surface area contributed by atoms with Gasteiger partial charge in [0, 0.05) is 24.2 Å². The number of benzene rings is 1. The quantitative estimate of drug-likeness (QED) is 0.691. The highest BCUT2D eigenvalue weighted by molar-refractivity contribution is 6.05. The largest absolute Gasteiger partial charge is 0.459 e. The van der Waals surface area contributed by atoms with Crippen LogP contribution >= 0.6 is 0 Å². The van der Waals surface area contributed by atoms with E-state index in [9.17, 15) is 9.59 Å². The van der Waals surface area contributed by atoms with Crippen molar-refractivity contribution in [2.45, 2.75) is 32.4 Å². The van der Waals surface area contributed by atoms with Crippen LogP contribution in [0, 0.1) is 0 Å². The van der Waals surface area contributed by atoms with Gasteiger partial charge in [0.1, 0.15) is 0 Å². The van der Waals surface area contributed by atoms with Crippen molar-refractivity contribution in [1.82, 2.24) is 0 Å². The number of anilines is 2. The van der Waals surface area contributed by atoms with Crippen LogP contribution in [0.15, 0.2) is 69.9 Å². The Kier molecular flexibility index (Phi) is 4.32. The molecule has 2 aromatic heterocycles. The SMILES string of the molecule is CC(=O)N(c1ccccc1)C1CC(C)N(C(=O)c2ccco2)c2occc21. The van der Waals surface area contributed by atoms with Crippen molar-refractivity contribution < 1.29 is 18.4 Å². The molecule has 3 heterocycles. The predicted octanol–water partition coefficient (Wildman–Crippen LogP) is 4.41. The van der Waals surface area contributed by atoms with Crippen molar-refractivity contribution in [2.24, 2.45) is 0 Å². The van der Waals surface area contributed by atoms with Gasteiger partial charge in [-0.2, -0.15) is 0 Å². The molecule has 27 heavy (non-hydrogen) atoms. The summed E-state index contributed by atoms with van der Waals surface area (Å²) in [7, 11) is 0. The van der Waals surface area contributed by atoms with Crippen LogP contribution in [0.2, 0.25) is 0 Å². The minimum absolute atomic E-state index is 0.0589. The summed E-state index contributed by atoms with van der Waals surface area (Å²) >= 11 is 0. The molecule has 6 nitrogen and oxygen atoms in total. The van der Waals surface area contributed by atoms with Gasteiger partial charge in [-0.25, -0.2) is 0 Å². The van der Waals surface area contributed by atoms with Gasteiger partial charge in [0.15, 0.2) is 5.76 Å². The minimum Gasteiger partial charge on any atom is -0.459 e. The van der Waals surface area contributed by atoms with E-state index < -0.39 is 0 Å². The second-order valence-corrected chi connectivity index (χ2v) is 6.66. The van der Waals surface area contributed by atoms with E-state index in [1.807, 2.05) is 43.3 Å². The number of nitrogens with zero attached hydrogens (tertiary/aromatic N) is 2. The molecule has 6 heteroatoms. The Labute approximate surface area is 157 Å². The smallest absolute Gasteiger partial charge is 0.296 e. The van der Waals surface area contributed by atoms with E-state index in [4.69, 9.17) is 8.83 Å². The molecule has 0 N–H and O–H groups in total. The fourth-order valence-corrected chi connectivity index (χ4v) is 3.74. The lowest BCUT2D eigenvalue weighted by molar-refractivity contribution is -0.117. The first-order valence-electron chi connectivity index (χ1n) is 8.87. The highest BCUT2D eigenvalue weighted by atomic mass is 16.4. The van der Waals surface area contributed by atoms with Crippen LogP contribution in [-0.2, 0) is 4.79 Å². The molecular formula is C21H20N2O4. The van der Waals surface area contributed by atoms with Gasteiger partial charge in [0.2, 0.25) is 11.8 Å². The Morgan fingerprint density at radius 2 is 1.81 bits per heavy atom. The lowest BCUT2D eigenvalue weighted by atomic mass is 9.93. The molecule has 0 saturated carbocycles. The van der Waals surface area contributed by atoms with E-state index in [2.05, 4.69) is 0 Å². The maximum atomic E-state index is 12.9. The van der Waals surface area contributed by atoms with E-state index in [1.165, 1.54) is 6.26 Å². The molecule has 0 aliphatic carbocycles. The van der Waals surface area contributed by atoms with Gasteiger partial charge in [0.25, 0.3) is 5.91 Å². The predicted molar refractivity (Wildman–Crippen MR) is 101 cm³/mol. The number of fused-ring (bicyclic) bond motifs is 1. The zero-order valence-electron chi connectivity index (χ0n) is 15.2. The van der Waals surface area contributed by atoms with Crippen LogP contribution in [-0.4, -0.2) is 17.9 Å². The van der Waals surface area contributed by atoms with Gasteiger partial charge in [0.05, 0.1) is 18.6 Å². The van der Waals surface area contributed by atoms with Crippen LogP contribution in [0.25, 0.3) is 0 Å². The van der Waals surface area contributed by atoms with Crippen LogP contribution in [0.3, 0.4) is 0 Å². The molecule has 0 radical (unpaired) electrons. The molecule has 138 valence electrons. The van der Waals surface area contributed by atoms with Crippen LogP contribution in [0.5, 0.6) is 0 Å². The highest BCUT2D eigenvalue weighted by Gasteiger charge is 2.40. The first-order valence-corrected chi connectivity index (χ1v) is 8.87. The third kappa shape index (κ3) is 2.93. The Bertz CT molecular complexity index is 946. The van der Waals surface area contributed by atoms with Crippen molar-refractivity contribution in [1.29, 1.82) is 0 Å². The molecule has 0 saturated heterocycles. The van der Waals surface area contributed by atoms with E-state index >= 15 is 0 Å². The number of carbonyl (C=O) groups excluding carboxylic acids is 2. The molecule has 2 amide bonds. The van der Waals surface area contributed by atoms with Crippen molar-refractivity contribution in [3.05, 3.63) is 72.4 Å². The number of carbonyl (C=O) groups is 2. The average molecular weight is 364 g/mol. The molecule has 0 fully saturated rings. The second kappa shape index (κ2) is 6.79. The van der Waals surface area contributed by atoms with E-state index in [1.54, 1.807) is 35.1 Å². The minimum atomic E-state index is -0.253. The van der Waals surface area contributed by atoms with Crippen LogP contribution in [0.1, 0.15) is 42.4 Å². The zero-order chi connectivity index (χ0) is 19.0. The van der Waals surface area contributed by atoms with Gasteiger partial charge in [-0.1, -0.05) is 18.2 Å². The number of hydrogen-bond acceptors (Lipinski definition) is 4. The lowest BCUT2D eigenvalue weighted by Gasteiger charge is -2.40. The fraction of sp³-hybridized carbons (Fsp3) is 0.238. The van der Waals surface area contributed by atoms with E-state index in [0.29, 0.717) is 12.3 Å². The van der Waals surface area contributed by atoms with Gasteiger partial charge < -0.3 is 13.7 Å². The van der Waals surface area contributed by atoms with Gasteiger partial charge in [-0.3, -0.25) is 14.5 Å². The number of furan rings is 2. The summed E-state index contributed by atoms with van der Waals surface area (Å²) in [4.78, 5) is 28.8. The summed E-state index contributed by atoms with van der Waals surface area (Å²) in [5.74, 6) is 0.407. The normalized spacial score (nSPS) is 18.8. The first-order chi connectivity index (χ1) is 13.1. The number of para-hydroxylation sites is 1. The van der Waals surface area contributed by atoms with Crippen molar-refractivity contribution in [3.8, 4) is 0 Å². The highest BCUT2D eigenvalue weighted by Crippen LogP contribution is 2.43. The van der Waals surface area contributed by atoms with Gasteiger partial charge >= 0.3 is 0 Å². The summed E-state index contributed by atoms with van der Waals surface area (Å²) in [6, 6.07) is 14.3. The molecule has 2 atom stereocenters. The van der Waals surface area contributed by atoms with Crippen molar-refractivity contribution >= 4 is 23.4 Å². The third-order valence-corrected chi connectivity index (χ3v) is 4.89. The first kappa shape index (κ1) is 17.1. The maximum Gasteiger partial charge on any atom is 0.296 e. The summed E-state index contributed by atoms with van der Waals surface area (Å²) in [5.41, 5.74) is 1.63. The van der Waals surface area contributed by atoms with E-state index in [-0.39, 0.29) is 29.7 Å². The molecule has 2 unspecified atom stereocenters. The lowest BCUT2D eigenvalue weighted by Crippen LogP contribution is -2.47. The molecule has 4 rings (SSSR count). The Morgan fingerprint density at radius 3 is 2.48 bits per heavy atom.